The average Bonchev–Trinajstić information content (AvgIpc) is 2.75. The van der Waals surface area contributed by atoms with Gasteiger partial charge < -0.3 is 0 Å². The molecule has 0 aliphatic rings. The van der Waals surface area contributed by atoms with Gasteiger partial charge in [0.2, 0.25) is 0 Å². The van der Waals surface area contributed by atoms with E-state index in [1.54, 1.807) is 0 Å². The first-order valence-corrected chi connectivity index (χ1v) is 13.5. The molecule has 0 aliphatic carbocycles. The fourth-order valence-corrected chi connectivity index (χ4v) is 8.96. The van der Waals surface area contributed by atoms with Crippen LogP contribution in [0.15, 0.2) is 72.8 Å². The Bertz CT molecular complexity index is 809. The van der Waals surface area contributed by atoms with Crippen molar-refractivity contribution < 1.29 is 13.2 Å². The second-order valence-electron chi connectivity index (χ2n) is 8.93. The minimum absolute atomic E-state index is 0.209. The van der Waals surface area contributed by atoms with Crippen molar-refractivity contribution in [1.82, 2.24) is 0 Å². The molecule has 0 bridgehead atoms. The van der Waals surface area contributed by atoms with Gasteiger partial charge in [0, 0.05) is 0 Å². The molecule has 3 rings (SSSR count). The smallest absolute Gasteiger partial charge is 0.207 e. The van der Waals surface area contributed by atoms with Crippen LogP contribution < -0.4 is 0 Å². The highest BCUT2D eigenvalue weighted by molar-refractivity contribution is 6.59. The second-order valence-corrected chi connectivity index (χ2v) is 12.1. The van der Waals surface area contributed by atoms with Gasteiger partial charge in [-0.05, 0) is 70.8 Å². The van der Waals surface area contributed by atoms with Crippen LogP contribution in [0.3, 0.4) is 0 Å². The standard InChI is InChI=1S/3C9H10F.Al/c3*1-7(2)8-3-5-9(10)6-4-8;/h3*3-7H,1H2,2H3;. The maximum Gasteiger partial charge on any atom is 0.263 e. The van der Waals surface area contributed by atoms with E-state index in [-0.39, 0.29) is 17.5 Å². The quantitative estimate of drug-likeness (QED) is 0.295. The molecule has 3 aromatic carbocycles. The summed E-state index contributed by atoms with van der Waals surface area (Å²) in [5.41, 5.74) is 3.51. The molecule has 162 valence electrons. The van der Waals surface area contributed by atoms with Crippen LogP contribution in [0.1, 0.15) is 55.2 Å². The Morgan fingerprint density at radius 1 is 0.484 bits per heavy atom. The van der Waals surface area contributed by atoms with E-state index in [2.05, 4.69) is 20.8 Å². The van der Waals surface area contributed by atoms with Gasteiger partial charge in [-0.3, -0.25) is 0 Å². The van der Waals surface area contributed by atoms with Crippen LogP contribution in [0.2, 0.25) is 15.8 Å². The third kappa shape index (κ3) is 6.99. The minimum atomic E-state index is -1.23. The molecule has 3 unspecified atom stereocenters. The van der Waals surface area contributed by atoms with Crippen molar-refractivity contribution in [3.8, 4) is 0 Å². The summed E-state index contributed by atoms with van der Waals surface area (Å²) in [5.74, 6) is 0.452. The largest absolute Gasteiger partial charge is 0.263 e. The number of hydrogen-bond donors (Lipinski definition) is 0. The van der Waals surface area contributed by atoms with Gasteiger partial charge in [-0.1, -0.05) is 73.0 Å². The highest BCUT2D eigenvalue weighted by Crippen LogP contribution is 2.33. The van der Waals surface area contributed by atoms with E-state index in [4.69, 9.17) is 0 Å². The SMILES string of the molecule is CC([CH2][Al]([CH2]C(C)c1ccc(F)cc1)[CH2]C(C)c1ccc(F)cc1)c1ccc(F)cc1. The van der Waals surface area contributed by atoms with Crippen molar-refractivity contribution in [2.24, 2.45) is 0 Å². The van der Waals surface area contributed by atoms with E-state index in [9.17, 15) is 13.2 Å². The first-order valence-electron chi connectivity index (χ1n) is 11.1. The molecule has 0 N–H and O–H groups in total. The predicted octanol–water partition coefficient (Wildman–Crippen LogP) is 8.31. The van der Waals surface area contributed by atoms with E-state index in [0.717, 1.165) is 15.8 Å². The van der Waals surface area contributed by atoms with Crippen molar-refractivity contribution >= 4 is 14.1 Å². The summed E-state index contributed by atoms with van der Waals surface area (Å²) in [4.78, 5) is 0. The van der Waals surface area contributed by atoms with Crippen LogP contribution in [-0.4, -0.2) is 14.1 Å². The Kier molecular flexibility index (Phi) is 8.41. The molecule has 0 nitrogen and oxygen atoms in total. The van der Waals surface area contributed by atoms with Crippen LogP contribution in [0.4, 0.5) is 13.2 Å². The topological polar surface area (TPSA) is 0 Å². The fourth-order valence-electron chi connectivity index (χ4n) is 4.57. The number of hydrogen-bond acceptors (Lipinski definition) is 0. The van der Waals surface area contributed by atoms with E-state index in [1.807, 2.05) is 36.4 Å². The van der Waals surface area contributed by atoms with Gasteiger partial charge in [0.15, 0.2) is 0 Å². The monoisotopic (exact) mass is 438 g/mol. The third-order valence-electron chi connectivity index (χ3n) is 6.38. The summed E-state index contributed by atoms with van der Waals surface area (Å²) in [5, 5.41) is 3.34. The predicted molar refractivity (Wildman–Crippen MR) is 125 cm³/mol. The van der Waals surface area contributed by atoms with Gasteiger partial charge in [0.05, 0.1) is 0 Å². The van der Waals surface area contributed by atoms with Crippen LogP contribution in [0.5, 0.6) is 0 Å². The van der Waals surface area contributed by atoms with E-state index >= 15 is 0 Å². The first kappa shape index (κ1) is 23.6. The molecule has 0 aliphatic heterocycles. The third-order valence-corrected chi connectivity index (χ3v) is 10.5. The highest BCUT2D eigenvalue weighted by Gasteiger charge is 2.26. The van der Waals surface area contributed by atoms with Crippen LogP contribution in [-0.2, 0) is 0 Å². The number of halogens is 3. The summed E-state index contributed by atoms with van der Waals surface area (Å²) in [6.07, 6.45) is 0. The average molecular weight is 439 g/mol. The summed E-state index contributed by atoms with van der Waals surface area (Å²) >= 11 is -1.23. The zero-order valence-corrected chi connectivity index (χ0v) is 19.6. The van der Waals surface area contributed by atoms with Gasteiger partial charge in [-0.15, -0.1) is 0 Å². The second kappa shape index (κ2) is 11.0. The molecule has 0 fully saturated rings. The molecule has 3 aromatic rings. The van der Waals surface area contributed by atoms with Crippen molar-refractivity contribution in [2.75, 3.05) is 0 Å². The van der Waals surface area contributed by atoms with Gasteiger partial charge in [0.25, 0.3) is 14.1 Å². The molecule has 3 atom stereocenters. The fraction of sp³-hybridized carbons (Fsp3) is 0.333. The Morgan fingerprint density at radius 3 is 0.935 bits per heavy atom. The molecule has 0 saturated carbocycles. The van der Waals surface area contributed by atoms with Gasteiger partial charge in [-0.25, -0.2) is 13.2 Å². The van der Waals surface area contributed by atoms with Crippen LogP contribution >= 0.6 is 0 Å². The molecule has 0 saturated heterocycles. The number of rotatable bonds is 9. The minimum Gasteiger partial charge on any atom is -0.207 e. The Hall–Kier alpha value is -2.02. The van der Waals surface area contributed by atoms with Crippen molar-refractivity contribution in [3.05, 3.63) is 107 Å². The molecule has 0 radical (unpaired) electrons. The lowest BCUT2D eigenvalue weighted by Crippen LogP contribution is -2.20. The lowest BCUT2D eigenvalue weighted by molar-refractivity contribution is 0.626. The van der Waals surface area contributed by atoms with Gasteiger partial charge >= 0.3 is 0 Å². The maximum atomic E-state index is 13.3. The van der Waals surface area contributed by atoms with E-state index in [1.165, 1.54) is 53.1 Å². The van der Waals surface area contributed by atoms with E-state index < -0.39 is 14.1 Å². The van der Waals surface area contributed by atoms with Gasteiger partial charge in [-0.2, -0.15) is 0 Å². The molecule has 0 aromatic heterocycles. The van der Waals surface area contributed by atoms with Crippen molar-refractivity contribution in [2.45, 2.75) is 54.4 Å². The van der Waals surface area contributed by atoms with E-state index in [0.29, 0.717) is 17.8 Å². The first-order chi connectivity index (χ1) is 14.8. The molecule has 0 amide bonds. The normalized spacial score (nSPS) is 14.1. The summed E-state index contributed by atoms with van der Waals surface area (Å²) < 4.78 is 40.0. The molecule has 4 heteroatoms. The summed E-state index contributed by atoms with van der Waals surface area (Å²) in [6.45, 7) is 6.66. The molecular weight excluding hydrogens is 408 g/mol. The zero-order chi connectivity index (χ0) is 22.4. The molecule has 31 heavy (non-hydrogen) atoms. The van der Waals surface area contributed by atoms with Crippen molar-refractivity contribution in [1.29, 1.82) is 0 Å². The lowest BCUT2D eigenvalue weighted by atomic mass is 10.0. The van der Waals surface area contributed by atoms with Crippen LogP contribution in [0.25, 0.3) is 0 Å². The van der Waals surface area contributed by atoms with Gasteiger partial charge in [0.1, 0.15) is 17.5 Å². The Balaban J connectivity index is 1.75. The molecular formula is C27H30AlF3. The zero-order valence-electron chi connectivity index (χ0n) is 18.5. The summed E-state index contributed by atoms with van der Waals surface area (Å²) in [6, 6.07) is 20.5. The number of benzene rings is 3. The van der Waals surface area contributed by atoms with Crippen LogP contribution in [0, 0.1) is 17.5 Å². The lowest BCUT2D eigenvalue weighted by Gasteiger charge is -2.24. The Morgan fingerprint density at radius 2 is 0.710 bits per heavy atom. The molecule has 0 spiro atoms. The molecule has 0 heterocycles. The summed E-state index contributed by atoms with van der Waals surface area (Å²) in [7, 11) is 0. The van der Waals surface area contributed by atoms with Crippen molar-refractivity contribution in [3.63, 3.8) is 0 Å². The Labute approximate surface area is 188 Å². The maximum absolute atomic E-state index is 13.3. The highest BCUT2D eigenvalue weighted by atomic mass is 27.2.